The first-order valence-corrected chi connectivity index (χ1v) is 6.69. The number of aromatic nitrogens is 1. The zero-order valence-electron chi connectivity index (χ0n) is 10.4. The molecule has 0 bridgehead atoms. The Kier molecular flexibility index (Phi) is 4.64. The smallest absolute Gasteiger partial charge is 0.145 e. The average Bonchev–Trinajstić information content (AvgIpc) is 2.37. The molecular weight excluding hydrogens is 283 g/mol. The minimum atomic E-state index is -0.0466. The second-order valence-corrected chi connectivity index (χ2v) is 5.01. The molecule has 0 aliphatic heterocycles. The first kappa shape index (κ1) is 14.1. The average molecular weight is 297 g/mol. The largest absolute Gasteiger partial charge is 0.456 e. The summed E-state index contributed by atoms with van der Waals surface area (Å²) in [6.45, 7) is 2.02. The Morgan fingerprint density at radius 2 is 1.84 bits per heavy atom. The van der Waals surface area contributed by atoms with Gasteiger partial charge in [0, 0.05) is 16.1 Å². The number of benzene rings is 1. The molecule has 2 aromatic rings. The van der Waals surface area contributed by atoms with E-state index in [-0.39, 0.29) is 6.04 Å². The van der Waals surface area contributed by atoms with Crippen molar-refractivity contribution in [3.05, 3.63) is 52.3 Å². The molecule has 1 aromatic carbocycles. The van der Waals surface area contributed by atoms with Crippen molar-refractivity contribution >= 4 is 23.2 Å². The van der Waals surface area contributed by atoms with Gasteiger partial charge in [0.2, 0.25) is 0 Å². The summed E-state index contributed by atoms with van der Waals surface area (Å²) in [6, 6.07) is 8.67. The van der Waals surface area contributed by atoms with E-state index < -0.39 is 0 Å². The molecule has 0 fully saturated rings. The molecule has 100 valence electrons. The molecule has 5 heteroatoms. The van der Waals surface area contributed by atoms with Gasteiger partial charge in [-0.3, -0.25) is 4.98 Å². The SMILES string of the molecule is CC[C@@H](N)c1ccc(Oc2cc(Cl)cc(Cl)c2)cn1. The zero-order valence-corrected chi connectivity index (χ0v) is 11.9. The van der Waals surface area contributed by atoms with Crippen molar-refractivity contribution in [1.29, 1.82) is 0 Å². The maximum Gasteiger partial charge on any atom is 0.145 e. The van der Waals surface area contributed by atoms with E-state index >= 15 is 0 Å². The van der Waals surface area contributed by atoms with Crippen molar-refractivity contribution < 1.29 is 4.74 Å². The van der Waals surface area contributed by atoms with Crippen LogP contribution in [0.4, 0.5) is 0 Å². The third-order valence-electron chi connectivity index (χ3n) is 2.65. The van der Waals surface area contributed by atoms with Gasteiger partial charge < -0.3 is 10.5 Å². The summed E-state index contributed by atoms with van der Waals surface area (Å²) in [4.78, 5) is 4.27. The Balaban J connectivity index is 2.15. The first-order chi connectivity index (χ1) is 9.08. The topological polar surface area (TPSA) is 48.1 Å². The molecule has 3 nitrogen and oxygen atoms in total. The van der Waals surface area contributed by atoms with Crippen molar-refractivity contribution in [1.82, 2.24) is 4.98 Å². The summed E-state index contributed by atoms with van der Waals surface area (Å²) in [7, 11) is 0. The van der Waals surface area contributed by atoms with Gasteiger partial charge in [-0.05, 0) is 36.8 Å². The number of rotatable bonds is 4. The molecule has 0 unspecified atom stereocenters. The molecule has 1 heterocycles. The molecule has 1 atom stereocenters. The summed E-state index contributed by atoms with van der Waals surface area (Å²) in [5.41, 5.74) is 6.74. The molecule has 0 aliphatic carbocycles. The first-order valence-electron chi connectivity index (χ1n) is 5.94. The number of pyridine rings is 1. The van der Waals surface area contributed by atoms with Gasteiger partial charge in [-0.2, -0.15) is 0 Å². The number of halogens is 2. The van der Waals surface area contributed by atoms with Crippen LogP contribution in [0.1, 0.15) is 25.1 Å². The molecule has 0 amide bonds. The molecule has 0 aliphatic rings. The Morgan fingerprint density at radius 1 is 1.16 bits per heavy atom. The molecule has 1 aromatic heterocycles. The van der Waals surface area contributed by atoms with E-state index in [1.165, 1.54) is 0 Å². The number of hydrogen-bond acceptors (Lipinski definition) is 3. The van der Waals surface area contributed by atoms with Crippen LogP contribution in [0.5, 0.6) is 11.5 Å². The normalized spacial score (nSPS) is 12.2. The lowest BCUT2D eigenvalue weighted by Crippen LogP contribution is -2.10. The van der Waals surface area contributed by atoms with E-state index in [0.29, 0.717) is 21.5 Å². The summed E-state index contributed by atoms with van der Waals surface area (Å²) in [6.07, 6.45) is 2.48. The third kappa shape index (κ3) is 3.83. The molecule has 0 saturated carbocycles. The van der Waals surface area contributed by atoms with Gasteiger partial charge in [-0.25, -0.2) is 0 Å². The number of ether oxygens (including phenoxy) is 1. The predicted molar refractivity (Wildman–Crippen MR) is 78.0 cm³/mol. The van der Waals surface area contributed by atoms with E-state index in [4.69, 9.17) is 33.7 Å². The summed E-state index contributed by atoms with van der Waals surface area (Å²) >= 11 is 11.8. The lowest BCUT2D eigenvalue weighted by Gasteiger charge is -2.10. The van der Waals surface area contributed by atoms with Crippen LogP contribution in [0.15, 0.2) is 36.5 Å². The maximum absolute atomic E-state index is 5.91. The van der Waals surface area contributed by atoms with Crippen molar-refractivity contribution in [3.8, 4) is 11.5 Å². The van der Waals surface area contributed by atoms with Crippen LogP contribution in [0, 0.1) is 0 Å². The summed E-state index contributed by atoms with van der Waals surface area (Å²) < 4.78 is 5.64. The van der Waals surface area contributed by atoms with E-state index in [1.807, 2.05) is 19.1 Å². The lowest BCUT2D eigenvalue weighted by molar-refractivity contribution is 0.479. The lowest BCUT2D eigenvalue weighted by atomic mass is 10.1. The molecule has 0 radical (unpaired) electrons. The van der Waals surface area contributed by atoms with Crippen LogP contribution < -0.4 is 10.5 Å². The van der Waals surface area contributed by atoms with Crippen LogP contribution in [-0.4, -0.2) is 4.98 Å². The van der Waals surface area contributed by atoms with Gasteiger partial charge in [0.05, 0.1) is 11.9 Å². The van der Waals surface area contributed by atoms with Crippen molar-refractivity contribution in [2.45, 2.75) is 19.4 Å². The van der Waals surface area contributed by atoms with Crippen LogP contribution >= 0.6 is 23.2 Å². The van der Waals surface area contributed by atoms with Crippen LogP contribution in [0.25, 0.3) is 0 Å². The summed E-state index contributed by atoms with van der Waals surface area (Å²) in [5.74, 6) is 1.19. The maximum atomic E-state index is 5.91. The van der Waals surface area contributed by atoms with Gasteiger partial charge in [-0.15, -0.1) is 0 Å². The molecule has 0 spiro atoms. The highest BCUT2D eigenvalue weighted by atomic mass is 35.5. The zero-order chi connectivity index (χ0) is 13.8. The van der Waals surface area contributed by atoms with Gasteiger partial charge >= 0.3 is 0 Å². The minimum Gasteiger partial charge on any atom is -0.456 e. The highest BCUT2D eigenvalue weighted by Gasteiger charge is 2.06. The monoisotopic (exact) mass is 296 g/mol. The predicted octanol–water partition coefficient (Wildman–Crippen LogP) is 4.59. The van der Waals surface area contributed by atoms with Crippen LogP contribution in [0.2, 0.25) is 10.0 Å². The van der Waals surface area contributed by atoms with Crippen LogP contribution in [-0.2, 0) is 0 Å². The second kappa shape index (κ2) is 6.24. The molecule has 2 N–H and O–H groups in total. The fraction of sp³-hybridized carbons (Fsp3) is 0.214. The molecule has 19 heavy (non-hydrogen) atoms. The quantitative estimate of drug-likeness (QED) is 0.897. The highest BCUT2D eigenvalue weighted by molar-refractivity contribution is 6.34. The summed E-state index contributed by atoms with van der Waals surface area (Å²) in [5, 5.41) is 1.06. The fourth-order valence-electron chi connectivity index (χ4n) is 1.60. The van der Waals surface area contributed by atoms with E-state index in [1.54, 1.807) is 24.4 Å². The van der Waals surface area contributed by atoms with Crippen molar-refractivity contribution in [2.75, 3.05) is 0 Å². The van der Waals surface area contributed by atoms with Crippen molar-refractivity contribution in [3.63, 3.8) is 0 Å². The molecule has 0 saturated heterocycles. The van der Waals surface area contributed by atoms with Gasteiger partial charge in [0.1, 0.15) is 11.5 Å². The standard InChI is InChI=1S/C14H14Cl2N2O/c1-2-13(17)14-4-3-11(8-18-14)19-12-6-9(15)5-10(16)7-12/h3-8,13H,2,17H2,1H3/t13-/m1/s1. The Labute approximate surface area is 122 Å². The van der Waals surface area contributed by atoms with Crippen LogP contribution in [0.3, 0.4) is 0 Å². The van der Waals surface area contributed by atoms with Crippen molar-refractivity contribution in [2.24, 2.45) is 5.73 Å². The van der Waals surface area contributed by atoms with E-state index in [0.717, 1.165) is 12.1 Å². The highest BCUT2D eigenvalue weighted by Crippen LogP contribution is 2.28. The third-order valence-corrected chi connectivity index (χ3v) is 3.09. The minimum absolute atomic E-state index is 0.0466. The number of hydrogen-bond donors (Lipinski definition) is 1. The Hall–Kier alpha value is -1.29. The Bertz CT molecular complexity index is 538. The Morgan fingerprint density at radius 3 is 2.37 bits per heavy atom. The van der Waals surface area contributed by atoms with Gasteiger partial charge in [0.15, 0.2) is 0 Å². The van der Waals surface area contributed by atoms with E-state index in [9.17, 15) is 0 Å². The second-order valence-electron chi connectivity index (χ2n) is 4.14. The fourth-order valence-corrected chi connectivity index (χ4v) is 2.11. The van der Waals surface area contributed by atoms with E-state index in [2.05, 4.69) is 4.98 Å². The van der Waals surface area contributed by atoms with Gasteiger partial charge in [-0.1, -0.05) is 30.1 Å². The number of nitrogens with zero attached hydrogens (tertiary/aromatic N) is 1. The van der Waals surface area contributed by atoms with Gasteiger partial charge in [0.25, 0.3) is 0 Å². The molecular formula is C14H14Cl2N2O. The molecule has 2 rings (SSSR count). The number of nitrogens with two attached hydrogens (primary N) is 1.